The fourth-order valence-electron chi connectivity index (χ4n) is 4.21. The van der Waals surface area contributed by atoms with E-state index in [0.717, 1.165) is 13.0 Å². The van der Waals surface area contributed by atoms with Crippen LogP contribution in [0.25, 0.3) is 0 Å². The van der Waals surface area contributed by atoms with Crippen molar-refractivity contribution in [3.63, 3.8) is 0 Å². The zero-order chi connectivity index (χ0) is 17.3. The molecular formula is C19H24N2O3. The van der Waals surface area contributed by atoms with Gasteiger partial charge < -0.3 is 19.7 Å². The number of hydrogen-bond donors (Lipinski definition) is 1. The van der Waals surface area contributed by atoms with Crippen LogP contribution in [-0.4, -0.2) is 43.3 Å². The predicted molar refractivity (Wildman–Crippen MR) is 93.0 cm³/mol. The number of anilines is 1. The third-order valence-corrected chi connectivity index (χ3v) is 5.18. The van der Waals surface area contributed by atoms with Gasteiger partial charge in [0.15, 0.2) is 0 Å². The van der Waals surface area contributed by atoms with Crippen LogP contribution in [0.2, 0.25) is 0 Å². The van der Waals surface area contributed by atoms with Crippen molar-refractivity contribution in [2.45, 2.75) is 32.4 Å². The molecule has 1 saturated carbocycles. The minimum absolute atomic E-state index is 0.0228. The highest BCUT2D eigenvalue weighted by Gasteiger charge is 2.61. The molecule has 0 bridgehead atoms. The Morgan fingerprint density at radius 2 is 2.33 bits per heavy atom. The Morgan fingerprint density at radius 3 is 3.08 bits per heavy atom. The standard InChI is InChI=1S/C19H24N2O3/c1-5-10-23-14-8-6-7-13(12-14)20-18(22)21(4)16-15-9-11-24-17(15)19(16,2)3/h1,6-8,12,15-17H,9-11H2,2-4H3,(H,20,22)/t15-,16-,17-/m1/s1. The summed E-state index contributed by atoms with van der Waals surface area (Å²) in [5.41, 5.74) is 0.670. The molecule has 0 aromatic heterocycles. The summed E-state index contributed by atoms with van der Waals surface area (Å²) >= 11 is 0. The van der Waals surface area contributed by atoms with Crippen LogP contribution in [0.15, 0.2) is 24.3 Å². The summed E-state index contributed by atoms with van der Waals surface area (Å²) in [6, 6.07) is 7.32. The fraction of sp³-hybridized carbons (Fsp3) is 0.526. The van der Waals surface area contributed by atoms with Gasteiger partial charge in [-0.2, -0.15) is 0 Å². The van der Waals surface area contributed by atoms with Crippen LogP contribution in [0.5, 0.6) is 5.75 Å². The van der Waals surface area contributed by atoms with Crippen LogP contribution < -0.4 is 10.1 Å². The van der Waals surface area contributed by atoms with Gasteiger partial charge in [0, 0.05) is 42.8 Å². The maximum atomic E-state index is 12.6. The third-order valence-electron chi connectivity index (χ3n) is 5.18. The van der Waals surface area contributed by atoms with Gasteiger partial charge in [-0.05, 0) is 18.6 Å². The van der Waals surface area contributed by atoms with Gasteiger partial charge in [-0.3, -0.25) is 0 Å². The second kappa shape index (κ2) is 6.37. The second-order valence-electron chi connectivity index (χ2n) is 7.07. The molecule has 1 saturated heterocycles. The smallest absolute Gasteiger partial charge is 0.321 e. The van der Waals surface area contributed by atoms with E-state index in [4.69, 9.17) is 15.9 Å². The summed E-state index contributed by atoms with van der Waals surface area (Å²) in [4.78, 5) is 14.5. The number of rotatable bonds is 4. The molecule has 0 unspecified atom stereocenters. The van der Waals surface area contributed by atoms with Crippen molar-refractivity contribution in [2.24, 2.45) is 11.3 Å². The van der Waals surface area contributed by atoms with Gasteiger partial charge in [-0.25, -0.2) is 4.79 Å². The zero-order valence-corrected chi connectivity index (χ0v) is 14.4. The molecule has 24 heavy (non-hydrogen) atoms. The van der Waals surface area contributed by atoms with E-state index in [0.29, 0.717) is 17.4 Å². The van der Waals surface area contributed by atoms with E-state index in [9.17, 15) is 4.79 Å². The van der Waals surface area contributed by atoms with E-state index in [1.165, 1.54) is 0 Å². The summed E-state index contributed by atoms with van der Waals surface area (Å²) in [6.45, 7) is 5.33. The van der Waals surface area contributed by atoms with Crippen LogP contribution in [-0.2, 0) is 4.74 Å². The van der Waals surface area contributed by atoms with Crippen LogP contribution in [0, 0.1) is 23.7 Å². The summed E-state index contributed by atoms with van der Waals surface area (Å²) in [5.74, 6) is 3.50. The summed E-state index contributed by atoms with van der Waals surface area (Å²) in [6.07, 6.45) is 6.48. The lowest BCUT2D eigenvalue weighted by Gasteiger charge is -2.57. The molecule has 1 heterocycles. The first kappa shape index (κ1) is 16.7. The number of benzene rings is 1. The van der Waals surface area contributed by atoms with Crippen molar-refractivity contribution in [3.8, 4) is 18.1 Å². The lowest BCUT2D eigenvalue weighted by atomic mass is 9.57. The number of carbonyl (C=O) groups is 1. The normalized spacial score (nSPS) is 26.7. The third kappa shape index (κ3) is 2.83. The number of hydrogen-bond acceptors (Lipinski definition) is 3. The first-order valence-corrected chi connectivity index (χ1v) is 8.27. The molecule has 1 aromatic rings. The number of amides is 2. The first-order valence-electron chi connectivity index (χ1n) is 8.27. The van der Waals surface area contributed by atoms with Crippen molar-refractivity contribution in [1.82, 2.24) is 4.90 Å². The van der Waals surface area contributed by atoms with Gasteiger partial charge in [0.2, 0.25) is 0 Å². The topological polar surface area (TPSA) is 50.8 Å². The van der Waals surface area contributed by atoms with E-state index >= 15 is 0 Å². The quantitative estimate of drug-likeness (QED) is 0.865. The summed E-state index contributed by atoms with van der Waals surface area (Å²) in [5, 5.41) is 2.94. The molecular weight excluding hydrogens is 304 g/mol. The Morgan fingerprint density at radius 1 is 1.54 bits per heavy atom. The molecule has 1 N–H and O–H groups in total. The Kier molecular flexibility index (Phi) is 4.42. The number of fused-ring (bicyclic) bond motifs is 1. The molecule has 3 rings (SSSR count). The van der Waals surface area contributed by atoms with Crippen LogP contribution in [0.4, 0.5) is 10.5 Å². The maximum Gasteiger partial charge on any atom is 0.321 e. The molecule has 2 fully saturated rings. The Hall–Kier alpha value is -2.19. The van der Waals surface area contributed by atoms with E-state index in [1.807, 2.05) is 30.1 Å². The van der Waals surface area contributed by atoms with Gasteiger partial charge in [-0.15, -0.1) is 6.42 Å². The Labute approximate surface area is 143 Å². The Bertz CT molecular complexity index is 665. The maximum absolute atomic E-state index is 12.6. The van der Waals surface area contributed by atoms with Crippen molar-refractivity contribution in [3.05, 3.63) is 24.3 Å². The molecule has 1 aliphatic heterocycles. The van der Waals surface area contributed by atoms with Gasteiger partial charge >= 0.3 is 6.03 Å². The highest BCUT2D eigenvalue weighted by atomic mass is 16.5. The first-order chi connectivity index (χ1) is 11.4. The zero-order valence-electron chi connectivity index (χ0n) is 14.4. The average Bonchev–Trinajstić information content (AvgIpc) is 2.99. The fourth-order valence-corrected chi connectivity index (χ4v) is 4.21. The van der Waals surface area contributed by atoms with Crippen LogP contribution >= 0.6 is 0 Å². The highest BCUT2D eigenvalue weighted by Crippen LogP contribution is 2.54. The number of carbonyl (C=O) groups excluding carboxylic acids is 1. The van der Waals surface area contributed by atoms with Crippen molar-refractivity contribution in [1.29, 1.82) is 0 Å². The molecule has 1 aliphatic carbocycles. The van der Waals surface area contributed by atoms with Crippen molar-refractivity contribution < 1.29 is 14.3 Å². The molecule has 0 spiro atoms. The summed E-state index contributed by atoms with van der Waals surface area (Å²) in [7, 11) is 1.86. The molecule has 2 aliphatic rings. The monoisotopic (exact) mass is 328 g/mol. The van der Waals surface area contributed by atoms with Crippen LogP contribution in [0.3, 0.4) is 0 Å². The van der Waals surface area contributed by atoms with E-state index < -0.39 is 0 Å². The van der Waals surface area contributed by atoms with E-state index in [2.05, 4.69) is 25.1 Å². The second-order valence-corrected chi connectivity index (χ2v) is 7.07. The van der Waals surface area contributed by atoms with Crippen molar-refractivity contribution >= 4 is 11.7 Å². The number of urea groups is 1. The lowest BCUT2D eigenvalue weighted by Crippen LogP contribution is -2.67. The number of ether oxygens (including phenoxy) is 2. The molecule has 3 atom stereocenters. The number of nitrogens with one attached hydrogen (secondary N) is 1. The van der Waals surface area contributed by atoms with Gasteiger partial charge in [0.25, 0.3) is 0 Å². The molecule has 128 valence electrons. The molecule has 1 aromatic carbocycles. The minimum Gasteiger partial charge on any atom is -0.481 e. The molecule has 0 radical (unpaired) electrons. The average molecular weight is 328 g/mol. The van der Waals surface area contributed by atoms with Gasteiger partial charge in [-0.1, -0.05) is 25.8 Å². The largest absolute Gasteiger partial charge is 0.481 e. The van der Waals surface area contributed by atoms with E-state index in [-0.39, 0.29) is 30.2 Å². The SMILES string of the molecule is C#CCOc1cccc(NC(=O)N(C)[C@@H]2[C@H]3CCO[C@H]3C2(C)C)c1. The Balaban J connectivity index is 1.66. The number of nitrogens with zero attached hydrogens (tertiary/aromatic N) is 1. The lowest BCUT2D eigenvalue weighted by molar-refractivity contribution is -0.137. The molecule has 5 nitrogen and oxygen atoms in total. The summed E-state index contributed by atoms with van der Waals surface area (Å²) < 4.78 is 11.2. The van der Waals surface area contributed by atoms with Crippen LogP contribution in [0.1, 0.15) is 20.3 Å². The number of terminal acetylenes is 1. The van der Waals surface area contributed by atoms with Gasteiger partial charge in [0.1, 0.15) is 12.4 Å². The minimum atomic E-state index is -0.118. The predicted octanol–water partition coefficient (Wildman–Crippen LogP) is 2.98. The molecule has 2 amide bonds. The molecule has 5 heteroatoms. The van der Waals surface area contributed by atoms with E-state index in [1.54, 1.807) is 6.07 Å². The van der Waals surface area contributed by atoms with Gasteiger partial charge in [0.05, 0.1) is 6.10 Å². The van der Waals surface area contributed by atoms with Crippen molar-refractivity contribution in [2.75, 3.05) is 25.6 Å². The highest BCUT2D eigenvalue weighted by molar-refractivity contribution is 5.89.